The molecule has 2 rings (SSSR count). The molecule has 0 saturated carbocycles. The van der Waals surface area contributed by atoms with Gasteiger partial charge in [-0.15, -0.1) is 0 Å². The third-order valence-corrected chi connectivity index (χ3v) is 3.47. The maximum absolute atomic E-state index is 12.5. The molecule has 0 heterocycles. The standard InChI is InChI=1S/C17H14ClNO2/c1-11-3-8-16(21-2)14(9-11)15(10-19)17(20)12-4-6-13(18)7-5-12/h3-9,15H,1-2H3. The number of aryl methyl sites for hydroxylation is 1. The fraction of sp³-hybridized carbons (Fsp3) is 0.176. The number of nitriles is 1. The van der Waals surface area contributed by atoms with Gasteiger partial charge >= 0.3 is 0 Å². The Morgan fingerprint density at radius 3 is 2.48 bits per heavy atom. The lowest BCUT2D eigenvalue weighted by molar-refractivity contribution is 0.0978. The molecule has 0 fully saturated rings. The van der Waals surface area contributed by atoms with Gasteiger partial charge in [-0.1, -0.05) is 29.3 Å². The molecule has 0 aliphatic carbocycles. The van der Waals surface area contributed by atoms with Gasteiger partial charge in [0.25, 0.3) is 0 Å². The highest BCUT2D eigenvalue weighted by atomic mass is 35.5. The van der Waals surface area contributed by atoms with Gasteiger partial charge in [-0.3, -0.25) is 4.79 Å². The first-order chi connectivity index (χ1) is 10.1. The molecule has 1 unspecified atom stereocenters. The third-order valence-electron chi connectivity index (χ3n) is 3.22. The molecule has 2 aromatic rings. The van der Waals surface area contributed by atoms with E-state index in [4.69, 9.17) is 16.3 Å². The van der Waals surface area contributed by atoms with E-state index in [1.807, 2.05) is 13.0 Å². The van der Waals surface area contributed by atoms with Gasteiger partial charge in [-0.05, 0) is 37.3 Å². The number of ketones is 1. The van der Waals surface area contributed by atoms with Crippen LogP contribution in [-0.4, -0.2) is 12.9 Å². The van der Waals surface area contributed by atoms with E-state index in [9.17, 15) is 10.1 Å². The molecule has 0 N–H and O–H groups in total. The lowest BCUT2D eigenvalue weighted by atomic mass is 9.90. The summed E-state index contributed by atoms with van der Waals surface area (Å²) in [5.74, 6) is -0.631. The van der Waals surface area contributed by atoms with Gasteiger partial charge in [0.05, 0.1) is 13.2 Å². The highest BCUT2D eigenvalue weighted by Gasteiger charge is 2.25. The van der Waals surface area contributed by atoms with Gasteiger partial charge in [0.15, 0.2) is 5.78 Å². The zero-order valence-electron chi connectivity index (χ0n) is 11.8. The molecule has 3 nitrogen and oxygen atoms in total. The molecule has 0 radical (unpaired) electrons. The van der Waals surface area contributed by atoms with Crippen molar-refractivity contribution in [3.05, 3.63) is 64.2 Å². The number of carbonyl (C=O) groups excluding carboxylic acids is 1. The summed E-state index contributed by atoms with van der Waals surface area (Å²) in [4.78, 5) is 12.5. The molecule has 0 saturated heterocycles. The second-order valence-electron chi connectivity index (χ2n) is 4.68. The highest BCUT2D eigenvalue weighted by molar-refractivity contribution is 6.30. The predicted molar refractivity (Wildman–Crippen MR) is 81.9 cm³/mol. The Labute approximate surface area is 128 Å². The van der Waals surface area contributed by atoms with E-state index in [0.29, 0.717) is 21.9 Å². The Kier molecular flexibility index (Phi) is 4.62. The van der Waals surface area contributed by atoms with Crippen LogP contribution in [-0.2, 0) is 0 Å². The number of rotatable bonds is 4. The average molecular weight is 300 g/mol. The summed E-state index contributed by atoms with van der Waals surface area (Å²) in [6.45, 7) is 1.91. The van der Waals surface area contributed by atoms with Gasteiger partial charge in [0, 0.05) is 16.1 Å². The number of hydrogen-bond donors (Lipinski definition) is 0. The van der Waals surface area contributed by atoms with E-state index in [-0.39, 0.29) is 5.78 Å². The van der Waals surface area contributed by atoms with Crippen LogP contribution in [0, 0.1) is 18.3 Å². The normalized spacial score (nSPS) is 11.5. The quantitative estimate of drug-likeness (QED) is 0.797. The maximum Gasteiger partial charge on any atom is 0.184 e. The molecule has 106 valence electrons. The van der Waals surface area contributed by atoms with Crippen LogP contribution in [0.3, 0.4) is 0 Å². The number of Topliss-reactive ketones (excluding diaryl/α,β-unsaturated/α-hetero) is 1. The van der Waals surface area contributed by atoms with Gasteiger partial charge in [-0.2, -0.15) is 5.26 Å². The molecule has 0 amide bonds. The van der Waals surface area contributed by atoms with Gasteiger partial charge in [0.1, 0.15) is 11.7 Å². The largest absolute Gasteiger partial charge is 0.496 e. The molecule has 0 aliphatic rings. The lowest BCUT2D eigenvalue weighted by Gasteiger charge is -2.14. The van der Waals surface area contributed by atoms with Crippen LogP contribution in [0.15, 0.2) is 42.5 Å². The summed E-state index contributed by atoms with van der Waals surface area (Å²) in [6, 6.07) is 14.0. The molecular formula is C17H14ClNO2. The Morgan fingerprint density at radius 2 is 1.90 bits per heavy atom. The van der Waals surface area contributed by atoms with E-state index in [0.717, 1.165) is 5.56 Å². The lowest BCUT2D eigenvalue weighted by Crippen LogP contribution is -2.12. The van der Waals surface area contributed by atoms with Crippen molar-refractivity contribution in [3.8, 4) is 11.8 Å². The minimum atomic E-state index is -0.902. The Bertz CT molecular complexity index is 702. The van der Waals surface area contributed by atoms with Crippen LogP contribution < -0.4 is 4.74 Å². The molecule has 0 aliphatic heterocycles. The number of hydrogen-bond acceptors (Lipinski definition) is 3. The van der Waals surface area contributed by atoms with Crippen LogP contribution in [0.2, 0.25) is 5.02 Å². The predicted octanol–water partition coefficient (Wildman–Crippen LogP) is 4.15. The summed E-state index contributed by atoms with van der Waals surface area (Å²) in [7, 11) is 1.52. The second kappa shape index (κ2) is 6.43. The molecule has 2 aromatic carbocycles. The topological polar surface area (TPSA) is 50.1 Å². The van der Waals surface area contributed by atoms with E-state index in [1.54, 1.807) is 36.4 Å². The van der Waals surface area contributed by atoms with Gasteiger partial charge < -0.3 is 4.74 Å². The third kappa shape index (κ3) is 3.24. The van der Waals surface area contributed by atoms with Crippen LogP contribution in [0.5, 0.6) is 5.75 Å². The van der Waals surface area contributed by atoms with Crippen molar-refractivity contribution in [1.82, 2.24) is 0 Å². The molecular weight excluding hydrogens is 286 g/mol. The number of ether oxygens (including phenoxy) is 1. The summed E-state index contributed by atoms with van der Waals surface area (Å²) >= 11 is 5.82. The van der Waals surface area contributed by atoms with E-state index < -0.39 is 5.92 Å². The Hall–Kier alpha value is -2.31. The zero-order valence-corrected chi connectivity index (χ0v) is 12.5. The second-order valence-corrected chi connectivity index (χ2v) is 5.12. The minimum Gasteiger partial charge on any atom is -0.496 e. The van der Waals surface area contributed by atoms with Crippen molar-refractivity contribution >= 4 is 17.4 Å². The molecule has 0 spiro atoms. The van der Waals surface area contributed by atoms with Gasteiger partial charge in [0.2, 0.25) is 0 Å². The summed E-state index contributed by atoms with van der Waals surface area (Å²) in [5, 5.41) is 9.97. The van der Waals surface area contributed by atoms with E-state index >= 15 is 0 Å². The number of benzene rings is 2. The first-order valence-corrected chi connectivity index (χ1v) is 6.78. The van der Waals surface area contributed by atoms with Crippen molar-refractivity contribution in [3.63, 3.8) is 0 Å². The van der Waals surface area contributed by atoms with Gasteiger partial charge in [-0.25, -0.2) is 0 Å². The van der Waals surface area contributed by atoms with E-state index in [2.05, 4.69) is 6.07 Å². The number of methoxy groups -OCH3 is 1. The fourth-order valence-corrected chi connectivity index (χ4v) is 2.26. The average Bonchev–Trinajstić information content (AvgIpc) is 2.49. The highest BCUT2D eigenvalue weighted by Crippen LogP contribution is 2.30. The van der Waals surface area contributed by atoms with Crippen LogP contribution in [0.4, 0.5) is 0 Å². The molecule has 1 atom stereocenters. The fourth-order valence-electron chi connectivity index (χ4n) is 2.13. The van der Waals surface area contributed by atoms with Crippen molar-refractivity contribution in [2.45, 2.75) is 12.8 Å². The Morgan fingerprint density at radius 1 is 1.24 bits per heavy atom. The SMILES string of the molecule is COc1ccc(C)cc1C(C#N)C(=O)c1ccc(Cl)cc1. The van der Waals surface area contributed by atoms with Crippen LogP contribution >= 0.6 is 11.6 Å². The van der Waals surface area contributed by atoms with Crippen molar-refractivity contribution in [1.29, 1.82) is 5.26 Å². The molecule has 21 heavy (non-hydrogen) atoms. The summed E-state index contributed by atoms with van der Waals surface area (Å²) < 4.78 is 5.26. The molecule has 0 aromatic heterocycles. The van der Waals surface area contributed by atoms with Crippen molar-refractivity contribution in [2.75, 3.05) is 7.11 Å². The first kappa shape index (κ1) is 15.1. The number of nitrogens with zero attached hydrogens (tertiary/aromatic N) is 1. The zero-order chi connectivity index (χ0) is 15.4. The summed E-state index contributed by atoms with van der Waals surface area (Å²) in [6.07, 6.45) is 0. The maximum atomic E-state index is 12.5. The van der Waals surface area contributed by atoms with E-state index in [1.165, 1.54) is 7.11 Å². The van der Waals surface area contributed by atoms with Crippen molar-refractivity contribution in [2.24, 2.45) is 0 Å². The summed E-state index contributed by atoms with van der Waals surface area (Å²) in [5.41, 5.74) is 2.00. The van der Waals surface area contributed by atoms with Crippen LogP contribution in [0.1, 0.15) is 27.4 Å². The molecule has 4 heteroatoms. The van der Waals surface area contributed by atoms with Crippen LogP contribution in [0.25, 0.3) is 0 Å². The monoisotopic (exact) mass is 299 g/mol. The number of halogens is 1. The Balaban J connectivity index is 2.45. The van der Waals surface area contributed by atoms with Crippen molar-refractivity contribution < 1.29 is 9.53 Å². The first-order valence-electron chi connectivity index (χ1n) is 6.40. The minimum absolute atomic E-state index is 0.266. The smallest absolute Gasteiger partial charge is 0.184 e. The number of carbonyl (C=O) groups is 1. The molecule has 0 bridgehead atoms.